The third kappa shape index (κ3) is 8.34. The van der Waals surface area contributed by atoms with Gasteiger partial charge in [0.05, 0.1) is 12.0 Å². The predicted molar refractivity (Wildman–Crippen MR) is 149 cm³/mol. The van der Waals surface area contributed by atoms with E-state index in [0.717, 1.165) is 11.6 Å². The fourth-order valence-electron chi connectivity index (χ4n) is 4.31. The number of aliphatic carboxylic acids is 1. The SMILES string of the molecule is CC(C)CC(Oc1ccc(-c2ccc(C(C)(C)C)cc2)c(C(F)(F)F)c1)c1ccc(C(=O)NCCC(=O)O)cc1. The van der Waals surface area contributed by atoms with Crippen molar-refractivity contribution < 1.29 is 32.6 Å². The molecule has 0 spiro atoms. The van der Waals surface area contributed by atoms with Crippen molar-refractivity contribution in [3.63, 3.8) is 0 Å². The summed E-state index contributed by atoms with van der Waals surface area (Å²) in [6, 6.07) is 17.8. The second kappa shape index (κ2) is 12.6. The Morgan fingerprint density at radius 3 is 2.08 bits per heavy atom. The van der Waals surface area contributed by atoms with Crippen LogP contribution in [0, 0.1) is 5.92 Å². The van der Waals surface area contributed by atoms with Gasteiger partial charge in [0.15, 0.2) is 0 Å². The number of alkyl halides is 3. The van der Waals surface area contributed by atoms with Gasteiger partial charge in [-0.2, -0.15) is 13.2 Å². The summed E-state index contributed by atoms with van der Waals surface area (Å²) >= 11 is 0. The lowest BCUT2D eigenvalue weighted by atomic mass is 9.86. The van der Waals surface area contributed by atoms with E-state index in [0.29, 0.717) is 23.1 Å². The monoisotopic (exact) mass is 555 g/mol. The van der Waals surface area contributed by atoms with Gasteiger partial charge in [-0.05, 0) is 64.3 Å². The molecule has 8 heteroatoms. The molecule has 3 aromatic rings. The van der Waals surface area contributed by atoms with E-state index in [4.69, 9.17) is 9.84 Å². The minimum absolute atomic E-state index is 0.00721. The third-order valence-corrected chi connectivity index (χ3v) is 6.49. The number of carbonyl (C=O) groups excluding carboxylic acids is 1. The van der Waals surface area contributed by atoms with Crippen LogP contribution < -0.4 is 10.1 Å². The first kappa shape index (κ1) is 30.7. The number of nitrogens with one attached hydrogen (secondary N) is 1. The molecule has 5 nitrogen and oxygen atoms in total. The Kier molecular flexibility index (Phi) is 9.66. The first-order valence-corrected chi connectivity index (χ1v) is 13.2. The van der Waals surface area contributed by atoms with Gasteiger partial charge in [-0.15, -0.1) is 0 Å². The van der Waals surface area contributed by atoms with Crippen LogP contribution in [0.4, 0.5) is 13.2 Å². The highest BCUT2D eigenvalue weighted by atomic mass is 19.4. The van der Waals surface area contributed by atoms with Crippen molar-refractivity contribution in [1.82, 2.24) is 5.32 Å². The first-order chi connectivity index (χ1) is 18.6. The Bertz CT molecular complexity index is 1310. The highest BCUT2D eigenvalue weighted by molar-refractivity contribution is 5.94. The molecule has 0 bridgehead atoms. The molecule has 0 aliphatic carbocycles. The summed E-state index contributed by atoms with van der Waals surface area (Å²) in [6.07, 6.45) is -4.76. The summed E-state index contributed by atoms with van der Waals surface area (Å²) in [7, 11) is 0. The van der Waals surface area contributed by atoms with E-state index in [1.165, 1.54) is 6.07 Å². The molecule has 0 saturated carbocycles. The number of hydrogen-bond donors (Lipinski definition) is 2. The van der Waals surface area contributed by atoms with Gasteiger partial charge in [-0.1, -0.05) is 77.1 Å². The molecule has 1 atom stereocenters. The topological polar surface area (TPSA) is 75.6 Å². The molecule has 0 fully saturated rings. The van der Waals surface area contributed by atoms with Crippen molar-refractivity contribution in [2.75, 3.05) is 6.54 Å². The lowest BCUT2D eigenvalue weighted by Gasteiger charge is -2.23. The highest BCUT2D eigenvalue weighted by Crippen LogP contribution is 2.41. The summed E-state index contributed by atoms with van der Waals surface area (Å²) in [5.41, 5.74) is 1.76. The normalized spacial score (nSPS) is 12.7. The molecule has 0 saturated heterocycles. The van der Waals surface area contributed by atoms with Crippen molar-refractivity contribution in [3.8, 4) is 16.9 Å². The van der Waals surface area contributed by atoms with Gasteiger partial charge in [0.1, 0.15) is 11.9 Å². The van der Waals surface area contributed by atoms with Crippen molar-refractivity contribution in [2.45, 2.75) is 65.2 Å². The van der Waals surface area contributed by atoms with Crippen LogP contribution >= 0.6 is 0 Å². The summed E-state index contributed by atoms with van der Waals surface area (Å²) < 4.78 is 48.7. The molecule has 40 heavy (non-hydrogen) atoms. The second-order valence-electron chi connectivity index (χ2n) is 11.3. The van der Waals surface area contributed by atoms with Crippen LogP contribution in [-0.4, -0.2) is 23.5 Å². The predicted octanol–water partition coefficient (Wildman–Crippen LogP) is 8.04. The molecule has 0 aliphatic rings. The first-order valence-electron chi connectivity index (χ1n) is 13.2. The molecular weight excluding hydrogens is 519 g/mol. The van der Waals surface area contributed by atoms with E-state index < -0.39 is 29.7 Å². The lowest BCUT2D eigenvalue weighted by molar-refractivity contribution is -0.138. The number of carboxylic acids is 1. The molecule has 0 radical (unpaired) electrons. The second-order valence-corrected chi connectivity index (χ2v) is 11.3. The van der Waals surface area contributed by atoms with Gasteiger partial charge in [0, 0.05) is 12.1 Å². The zero-order valence-electron chi connectivity index (χ0n) is 23.4. The zero-order chi connectivity index (χ0) is 29.7. The van der Waals surface area contributed by atoms with Gasteiger partial charge in [0.25, 0.3) is 5.91 Å². The van der Waals surface area contributed by atoms with Crippen LogP contribution in [0.15, 0.2) is 66.7 Å². The van der Waals surface area contributed by atoms with Crippen LogP contribution in [0.3, 0.4) is 0 Å². The average molecular weight is 556 g/mol. The summed E-state index contributed by atoms with van der Waals surface area (Å²) in [6.45, 7) is 10.1. The minimum Gasteiger partial charge on any atom is -0.486 e. The molecule has 2 N–H and O–H groups in total. The lowest BCUT2D eigenvalue weighted by Crippen LogP contribution is -2.26. The number of rotatable bonds is 10. The smallest absolute Gasteiger partial charge is 0.417 e. The van der Waals surface area contributed by atoms with E-state index >= 15 is 0 Å². The van der Waals surface area contributed by atoms with Crippen LogP contribution in [0.1, 0.15) is 80.6 Å². The van der Waals surface area contributed by atoms with E-state index in [1.54, 1.807) is 42.5 Å². The van der Waals surface area contributed by atoms with Crippen molar-refractivity contribution in [1.29, 1.82) is 0 Å². The fourth-order valence-corrected chi connectivity index (χ4v) is 4.31. The van der Waals surface area contributed by atoms with Gasteiger partial charge in [0.2, 0.25) is 0 Å². The van der Waals surface area contributed by atoms with Crippen LogP contribution in [0.2, 0.25) is 0 Å². The van der Waals surface area contributed by atoms with Gasteiger partial charge < -0.3 is 15.2 Å². The maximum Gasteiger partial charge on any atom is 0.417 e. The molecule has 1 amide bonds. The average Bonchev–Trinajstić information content (AvgIpc) is 2.87. The molecule has 3 aromatic carbocycles. The maximum absolute atomic E-state index is 14.2. The Hall–Kier alpha value is -3.81. The van der Waals surface area contributed by atoms with Crippen LogP contribution in [-0.2, 0) is 16.4 Å². The number of ether oxygens (including phenoxy) is 1. The quantitative estimate of drug-likeness (QED) is 0.265. The van der Waals surface area contributed by atoms with E-state index in [9.17, 15) is 22.8 Å². The molecule has 0 heterocycles. The number of hydrogen-bond acceptors (Lipinski definition) is 3. The molecule has 1 unspecified atom stereocenters. The Labute approximate surface area is 233 Å². The minimum atomic E-state index is -4.58. The molecule has 3 rings (SSSR count). The molecule has 214 valence electrons. The van der Waals surface area contributed by atoms with Crippen molar-refractivity contribution in [3.05, 3.63) is 89.0 Å². The van der Waals surface area contributed by atoms with E-state index in [1.807, 2.05) is 46.8 Å². The molecule has 0 aliphatic heterocycles. The third-order valence-electron chi connectivity index (χ3n) is 6.49. The van der Waals surface area contributed by atoms with Crippen LogP contribution in [0.5, 0.6) is 5.75 Å². The molecule has 0 aromatic heterocycles. The number of benzene rings is 3. The Balaban J connectivity index is 1.87. The van der Waals surface area contributed by atoms with Gasteiger partial charge in [-0.3, -0.25) is 9.59 Å². The highest BCUT2D eigenvalue weighted by Gasteiger charge is 2.34. The number of halogens is 3. The zero-order valence-corrected chi connectivity index (χ0v) is 23.4. The van der Waals surface area contributed by atoms with E-state index in [-0.39, 0.29) is 35.6 Å². The molecular formula is C32H36F3NO4. The summed E-state index contributed by atoms with van der Waals surface area (Å²) in [5, 5.41) is 11.3. The fraction of sp³-hybridized carbons (Fsp3) is 0.375. The van der Waals surface area contributed by atoms with Gasteiger partial charge in [-0.25, -0.2) is 0 Å². The number of amides is 1. The number of carbonyl (C=O) groups is 2. The largest absolute Gasteiger partial charge is 0.486 e. The Morgan fingerprint density at radius 2 is 1.55 bits per heavy atom. The van der Waals surface area contributed by atoms with Crippen LogP contribution in [0.25, 0.3) is 11.1 Å². The van der Waals surface area contributed by atoms with Gasteiger partial charge >= 0.3 is 12.1 Å². The van der Waals surface area contributed by atoms with E-state index in [2.05, 4.69) is 5.32 Å². The van der Waals surface area contributed by atoms with Crippen molar-refractivity contribution >= 4 is 11.9 Å². The maximum atomic E-state index is 14.2. The standard InChI is InChI=1S/C32H36F3NO4/c1-20(2)18-28(22-6-8-23(9-7-22)30(39)36-17-16-29(37)38)40-25-14-15-26(27(19-25)32(33,34)35)21-10-12-24(13-11-21)31(3,4)5/h6-15,19-20,28H,16-18H2,1-5H3,(H,36,39)(H,37,38). The number of carboxylic acid groups (broad SMARTS) is 1. The Morgan fingerprint density at radius 1 is 0.925 bits per heavy atom. The summed E-state index contributed by atoms with van der Waals surface area (Å²) in [4.78, 5) is 22.9. The van der Waals surface area contributed by atoms with Crippen molar-refractivity contribution in [2.24, 2.45) is 5.92 Å². The summed E-state index contributed by atoms with van der Waals surface area (Å²) in [5.74, 6) is -1.13.